The summed E-state index contributed by atoms with van der Waals surface area (Å²) in [5.41, 5.74) is 10.2. The molecule has 1 heterocycles. The summed E-state index contributed by atoms with van der Waals surface area (Å²) in [6.07, 6.45) is 5.32. The molecule has 0 saturated carbocycles. The Morgan fingerprint density at radius 3 is 1.71 bits per heavy atom. The van der Waals surface area contributed by atoms with E-state index in [-0.39, 0.29) is 5.75 Å². The summed E-state index contributed by atoms with van der Waals surface area (Å²) in [5, 5.41) is 21.8. The molecule has 4 rings (SSSR count). The molecular formula is C39H51N3O3. The fourth-order valence-electron chi connectivity index (χ4n) is 6.39. The molecular weight excluding hydrogens is 558 g/mol. The lowest BCUT2D eigenvalue weighted by molar-refractivity contribution is 0.0157. The van der Waals surface area contributed by atoms with Crippen LogP contribution in [0.5, 0.6) is 5.75 Å². The van der Waals surface area contributed by atoms with Gasteiger partial charge in [0.1, 0.15) is 5.75 Å². The summed E-state index contributed by atoms with van der Waals surface area (Å²) >= 11 is 0. The second-order valence-electron chi connectivity index (χ2n) is 12.9. The molecule has 0 spiro atoms. The van der Waals surface area contributed by atoms with Crippen molar-refractivity contribution in [2.75, 3.05) is 13.2 Å². The Morgan fingerprint density at radius 2 is 1.22 bits per heavy atom. The number of hydrogen-bond acceptors (Lipinski definition) is 6. The van der Waals surface area contributed by atoms with Crippen LogP contribution in [0.15, 0.2) is 42.5 Å². The molecule has 2 atom stereocenters. The average Bonchev–Trinajstić information content (AvgIpc) is 2.96. The second kappa shape index (κ2) is 15.6. The van der Waals surface area contributed by atoms with E-state index in [1.807, 2.05) is 12.1 Å². The number of ether oxygens (including phenoxy) is 1. The van der Waals surface area contributed by atoms with E-state index >= 15 is 0 Å². The van der Waals surface area contributed by atoms with Gasteiger partial charge in [0, 0.05) is 17.7 Å². The molecule has 240 valence electrons. The SMILES string of the molecule is CCCCC(CC)COCC(O)CCc1ccc(-c2nc(-c3c(C)cc(C)cc3C)nc(-c3c(C)cc(C)cc3C)n2)c(O)c1. The van der Waals surface area contributed by atoms with Crippen molar-refractivity contribution < 1.29 is 14.9 Å². The van der Waals surface area contributed by atoms with Gasteiger partial charge in [-0.2, -0.15) is 0 Å². The van der Waals surface area contributed by atoms with Gasteiger partial charge in [-0.1, -0.05) is 74.6 Å². The predicted octanol–water partition coefficient (Wildman–Crippen LogP) is 8.96. The van der Waals surface area contributed by atoms with Crippen LogP contribution in [0.25, 0.3) is 34.2 Å². The molecule has 6 nitrogen and oxygen atoms in total. The number of aromatic nitrogens is 3. The molecule has 0 fully saturated rings. The lowest BCUT2D eigenvalue weighted by atomic mass is 9.97. The van der Waals surface area contributed by atoms with Crippen LogP contribution in [0.1, 0.15) is 84.9 Å². The molecule has 0 aliphatic rings. The maximum Gasteiger partial charge on any atom is 0.167 e. The Labute approximate surface area is 270 Å². The third-order valence-corrected chi connectivity index (χ3v) is 8.71. The van der Waals surface area contributed by atoms with Crippen molar-refractivity contribution >= 4 is 0 Å². The van der Waals surface area contributed by atoms with Crippen molar-refractivity contribution in [1.29, 1.82) is 0 Å². The van der Waals surface area contributed by atoms with Gasteiger partial charge in [-0.3, -0.25) is 0 Å². The van der Waals surface area contributed by atoms with Gasteiger partial charge >= 0.3 is 0 Å². The first-order chi connectivity index (χ1) is 21.5. The van der Waals surface area contributed by atoms with E-state index in [0.29, 0.717) is 55.0 Å². The maximum atomic E-state index is 11.2. The number of hydrogen-bond donors (Lipinski definition) is 2. The number of aliphatic hydroxyl groups excluding tert-OH is 1. The average molecular weight is 610 g/mol. The molecule has 1 aromatic heterocycles. The van der Waals surface area contributed by atoms with Gasteiger partial charge in [-0.05, 0) is 107 Å². The van der Waals surface area contributed by atoms with Crippen LogP contribution < -0.4 is 0 Å². The number of phenols is 1. The van der Waals surface area contributed by atoms with E-state index in [0.717, 1.165) is 45.4 Å². The minimum absolute atomic E-state index is 0.109. The van der Waals surface area contributed by atoms with Gasteiger partial charge in [0.15, 0.2) is 17.5 Å². The highest BCUT2D eigenvalue weighted by molar-refractivity contribution is 5.74. The van der Waals surface area contributed by atoms with E-state index < -0.39 is 6.10 Å². The van der Waals surface area contributed by atoms with E-state index in [4.69, 9.17) is 19.7 Å². The van der Waals surface area contributed by atoms with Crippen molar-refractivity contribution in [3.05, 3.63) is 81.4 Å². The van der Waals surface area contributed by atoms with Crippen LogP contribution in [0.3, 0.4) is 0 Å². The molecule has 3 aromatic carbocycles. The van der Waals surface area contributed by atoms with Gasteiger partial charge in [0.05, 0.1) is 18.3 Å². The van der Waals surface area contributed by atoms with Crippen LogP contribution in [0.2, 0.25) is 0 Å². The number of aliphatic hydroxyl groups is 1. The van der Waals surface area contributed by atoms with Crippen LogP contribution in [0.4, 0.5) is 0 Å². The largest absolute Gasteiger partial charge is 0.507 e. The highest BCUT2D eigenvalue weighted by Gasteiger charge is 2.20. The molecule has 0 aliphatic carbocycles. The van der Waals surface area contributed by atoms with Gasteiger partial charge in [0.2, 0.25) is 0 Å². The van der Waals surface area contributed by atoms with Gasteiger partial charge in [-0.15, -0.1) is 0 Å². The Morgan fingerprint density at radius 1 is 0.689 bits per heavy atom. The predicted molar refractivity (Wildman–Crippen MR) is 185 cm³/mol. The minimum Gasteiger partial charge on any atom is -0.507 e. The summed E-state index contributed by atoms with van der Waals surface area (Å²) in [6, 6.07) is 14.2. The molecule has 2 N–H and O–H groups in total. The van der Waals surface area contributed by atoms with Crippen molar-refractivity contribution in [2.24, 2.45) is 5.92 Å². The number of benzene rings is 3. The third-order valence-electron chi connectivity index (χ3n) is 8.71. The highest BCUT2D eigenvalue weighted by atomic mass is 16.5. The summed E-state index contributed by atoms with van der Waals surface area (Å²) < 4.78 is 5.85. The zero-order valence-electron chi connectivity index (χ0n) is 28.5. The Balaban J connectivity index is 1.61. The molecule has 0 saturated heterocycles. The first kappa shape index (κ1) is 34.3. The maximum absolute atomic E-state index is 11.2. The monoisotopic (exact) mass is 609 g/mol. The normalized spacial score (nSPS) is 12.8. The Kier molecular flexibility index (Phi) is 11.9. The quantitative estimate of drug-likeness (QED) is 0.148. The third kappa shape index (κ3) is 8.77. The minimum atomic E-state index is -0.550. The number of phenolic OH excluding ortho intramolecular Hbond substituents is 1. The van der Waals surface area contributed by atoms with Gasteiger partial charge < -0.3 is 14.9 Å². The molecule has 0 aliphatic heterocycles. The van der Waals surface area contributed by atoms with E-state index in [1.165, 1.54) is 30.4 Å². The van der Waals surface area contributed by atoms with Crippen molar-refractivity contribution in [3.63, 3.8) is 0 Å². The van der Waals surface area contributed by atoms with E-state index in [2.05, 4.69) is 79.7 Å². The first-order valence-corrected chi connectivity index (χ1v) is 16.5. The van der Waals surface area contributed by atoms with Crippen LogP contribution in [0, 0.1) is 47.5 Å². The van der Waals surface area contributed by atoms with Crippen LogP contribution in [-0.2, 0) is 11.2 Å². The summed E-state index contributed by atoms with van der Waals surface area (Å²) in [4.78, 5) is 14.9. The summed E-state index contributed by atoms with van der Waals surface area (Å²) in [5.74, 6) is 2.28. The number of aromatic hydroxyl groups is 1. The molecule has 2 unspecified atom stereocenters. The van der Waals surface area contributed by atoms with Gasteiger partial charge in [-0.25, -0.2) is 15.0 Å². The van der Waals surface area contributed by atoms with Crippen molar-refractivity contribution in [1.82, 2.24) is 15.0 Å². The Bertz CT molecular complexity index is 1490. The van der Waals surface area contributed by atoms with Crippen LogP contribution >= 0.6 is 0 Å². The summed E-state index contributed by atoms with van der Waals surface area (Å²) in [6.45, 7) is 18.0. The van der Waals surface area contributed by atoms with E-state index in [1.54, 1.807) is 6.07 Å². The molecule has 45 heavy (non-hydrogen) atoms. The second-order valence-corrected chi connectivity index (χ2v) is 12.9. The lowest BCUT2D eigenvalue weighted by Gasteiger charge is -2.17. The van der Waals surface area contributed by atoms with Gasteiger partial charge in [0.25, 0.3) is 0 Å². The van der Waals surface area contributed by atoms with E-state index in [9.17, 15) is 10.2 Å². The molecule has 0 amide bonds. The summed E-state index contributed by atoms with van der Waals surface area (Å²) in [7, 11) is 0. The first-order valence-electron chi connectivity index (χ1n) is 16.5. The number of unbranched alkanes of at least 4 members (excludes halogenated alkanes) is 1. The lowest BCUT2D eigenvalue weighted by Crippen LogP contribution is -2.19. The van der Waals surface area contributed by atoms with Crippen molar-refractivity contribution in [3.8, 4) is 39.9 Å². The topological polar surface area (TPSA) is 88.4 Å². The molecule has 4 aromatic rings. The highest BCUT2D eigenvalue weighted by Crippen LogP contribution is 2.34. The fourth-order valence-corrected chi connectivity index (χ4v) is 6.39. The number of aryl methyl sites for hydroxylation is 7. The van der Waals surface area contributed by atoms with Crippen LogP contribution in [-0.4, -0.2) is 44.5 Å². The Hall–Kier alpha value is -3.61. The fraction of sp³-hybridized carbons (Fsp3) is 0.462. The number of nitrogens with zero attached hydrogens (tertiary/aromatic N) is 3. The molecule has 6 heteroatoms. The zero-order chi connectivity index (χ0) is 32.7. The molecule has 0 radical (unpaired) electrons. The number of rotatable bonds is 14. The van der Waals surface area contributed by atoms with Crippen molar-refractivity contribution in [2.45, 2.75) is 100 Å². The smallest absolute Gasteiger partial charge is 0.167 e. The zero-order valence-corrected chi connectivity index (χ0v) is 28.5. The molecule has 0 bridgehead atoms. The standard InChI is InChI=1S/C39H51N3O3/c1-9-11-12-30(10-2)22-45-23-32(43)15-13-31-14-16-33(34(44)21-31)37-40-38(35-26(5)17-24(3)18-27(35)6)42-39(41-37)36-28(7)19-25(4)20-29(36)8/h14,16-21,30,32,43-44H,9-13,15,22-23H2,1-8H3.